The lowest BCUT2D eigenvalue weighted by Crippen LogP contribution is -2.42. The standard InChI is InChI=1S/C13H27NO4/c1-6-18-13(15)11(2)9-14(7-8-16-4)12(3)10-17-5/h11-12H,6-10H2,1-5H3. The van der Waals surface area contributed by atoms with Gasteiger partial charge in [-0.3, -0.25) is 9.69 Å². The average molecular weight is 261 g/mol. The van der Waals surface area contributed by atoms with Gasteiger partial charge in [0.2, 0.25) is 0 Å². The maximum absolute atomic E-state index is 11.6. The van der Waals surface area contributed by atoms with Crippen LogP contribution in [-0.4, -0.2) is 64.0 Å². The smallest absolute Gasteiger partial charge is 0.309 e. The molecule has 0 fully saturated rings. The predicted octanol–water partition coefficient (Wildman–Crippen LogP) is 1.17. The van der Waals surface area contributed by atoms with Gasteiger partial charge in [-0.05, 0) is 13.8 Å². The Morgan fingerprint density at radius 2 is 1.89 bits per heavy atom. The van der Waals surface area contributed by atoms with Crippen LogP contribution < -0.4 is 0 Å². The molecule has 0 aromatic rings. The number of carbonyl (C=O) groups is 1. The van der Waals surface area contributed by atoms with Crippen molar-refractivity contribution in [2.75, 3.05) is 47.1 Å². The van der Waals surface area contributed by atoms with Gasteiger partial charge in [-0.15, -0.1) is 0 Å². The highest BCUT2D eigenvalue weighted by Crippen LogP contribution is 2.07. The molecule has 0 aliphatic heterocycles. The molecule has 0 radical (unpaired) electrons. The van der Waals surface area contributed by atoms with E-state index < -0.39 is 0 Å². The molecule has 0 saturated heterocycles. The molecular formula is C13H27NO4. The fourth-order valence-corrected chi connectivity index (χ4v) is 1.76. The summed E-state index contributed by atoms with van der Waals surface area (Å²) in [5.41, 5.74) is 0. The van der Waals surface area contributed by atoms with Crippen LogP contribution in [0.3, 0.4) is 0 Å². The second-order valence-corrected chi connectivity index (χ2v) is 4.45. The van der Waals surface area contributed by atoms with Gasteiger partial charge in [0.05, 0.1) is 25.7 Å². The van der Waals surface area contributed by atoms with E-state index in [0.717, 1.165) is 6.54 Å². The highest BCUT2D eigenvalue weighted by molar-refractivity contribution is 5.72. The van der Waals surface area contributed by atoms with Gasteiger partial charge in [0.1, 0.15) is 0 Å². The molecule has 0 aromatic heterocycles. The van der Waals surface area contributed by atoms with Crippen LogP contribution in [0.15, 0.2) is 0 Å². The van der Waals surface area contributed by atoms with E-state index >= 15 is 0 Å². The van der Waals surface area contributed by atoms with Gasteiger partial charge in [-0.2, -0.15) is 0 Å². The Labute approximate surface area is 110 Å². The highest BCUT2D eigenvalue weighted by atomic mass is 16.5. The normalized spacial score (nSPS) is 14.6. The summed E-state index contributed by atoms with van der Waals surface area (Å²) >= 11 is 0. The number of esters is 1. The second-order valence-electron chi connectivity index (χ2n) is 4.45. The van der Waals surface area contributed by atoms with Gasteiger partial charge in [0.25, 0.3) is 0 Å². The zero-order valence-corrected chi connectivity index (χ0v) is 12.3. The fourth-order valence-electron chi connectivity index (χ4n) is 1.76. The Hall–Kier alpha value is -0.650. The van der Waals surface area contributed by atoms with E-state index in [9.17, 15) is 4.79 Å². The number of carbonyl (C=O) groups excluding carboxylic acids is 1. The number of rotatable bonds is 10. The Bertz CT molecular complexity index is 223. The van der Waals surface area contributed by atoms with Crippen molar-refractivity contribution in [1.29, 1.82) is 0 Å². The highest BCUT2D eigenvalue weighted by Gasteiger charge is 2.21. The fraction of sp³-hybridized carbons (Fsp3) is 0.923. The summed E-state index contributed by atoms with van der Waals surface area (Å²) in [5, 5.41) is 0. The first-order valence-electron chi connectivity index (χ1n) is 6.45. The van der Waals surface area contributed by atoms with Gasteiger partial charge in [-0.1, -0.05) is 6.92 Å². The monoisotopic (exact) mass is 261 g/mol. The Kier molecular flexibility index (Phi) is 9.92. The molecular weight excluding hydrogens is 234 g/mol. The molecule has 0 saturated carbocycles. The van der Waals surface area contributed by atoms with Gasteiger partial charge < -0.3 is 14.2 Å². The van der Waals surface area contributed by atoms with Crippen molar-refractivity contribution in [2.24, 2.45) is 5.92 Å². The third kappa shape index (κ3) is 6.93. The van der Waals surface area contributed by atoms with E-state index in [1.807, 2.05) is 13.8 Å². The first-order valence-corrected chi connectivity index (χ1v) is 6.45. The van der Waals surface area contributed by atoms with E-state index in [4.69, 9.17) is 14.2 Å². The van der Waals surface area contributed by atoms with Crippen molar-refractivity contribution >= 4 is 5.97 Å². The van der Waals surface area contributed by atoms with Crippen LogP contribution in [0.4, 0.5) is 0 Å². The van der Waals surface area contributed by atoms with Crippen LogP contribution in [0, 0.1) is 5.92 Å². The SMILES string of the molecule is CCOC(=O)C(C)CN(CCOC)C(C)COC. The molecule has 0 bridgehead atoms. The van der Waals surface area contributed by atoms with E-state index in [2.05, 4.69) is 11.8 Å². The van der Waals surface area contributed by atoms with Crippen LogP contribution >= 0.6 is 0 Å². The lowest BCUT2D eigenvalue weighted by molar-refractivity contribution is -0.148. The van der Waals surface area contributed by atoms with Crippen molar-refractivity contribution in [3.05, 3.63) is 0 Å². The molecule has 0 aromatic carbocycles. The quantitative estimate of drug-likeness (QED) is 0.552. The van der Waals surface area contributed by atoms with Crippen LogP contribution in [0.25, 0.3) is 0 Å². The molecule has 0 heterocycles. The minimum atomic E-state index is -0.149. The minimum absolute atomic E-state index is 0.138. The summed E-state index contributed by atoms with van der Waals surface area (Å²) in [5.74, 6) is -0.286. The summed E-state index contributed by atoms with van der Waals surface area (Å²) in [6.07, 6.45) is 0. The van der Waals surface area contributed by atoms with E-state index in [1.54, 1.807) is 14.2 Å². The van der Waals surface area contributed by atoms with Crippen molar-refractivity contribution in [1.82, 2.24) is 4.90 Å². The summed E-state index contributed by atoms with van der Waals surface area (Å²) in [6, 6.07) is 0.252. The zero-order chi connectivity index (χ0) is 14.0. The van der Waals surface area contributed by atoms with Gasteiger partial charge in [0.15, 0.2) is 0 Å². The predicted molar refractivity (Wildman–Crippen MR) is 70.6 cm³/mol. The third-order valence-corrected chi connectivity index (χ3v) is 2.81. The molecule has 5 heteroatoms. The van der Waals surface area contributed by atoms with Crippen molar-refractivity contribution < 1.29 is 19.0 Å². The molecule has 0 amide bonds. The molecule has 5 nitrogen and oxygen atoms in total. The van der Waals surface area contributed by atoms with Crippen LogP contribution in [0.1, 0.15) is 20.8 Å². The molecule has 2 atom stereocenters. The van der Waals surface area contributed by atoms with Gasteiger partial charge in [-0.25, -0.2) is 0 Å². The number of nitrogens with zero attached hydrogens (tertiary/aromatic N) is 1. The molecule has 0 rings (SSSR count). The summed E-state index contributed by atoms with van der Waals surface area (Å²) < 4.78 is 15.3. The Morgan fingerprint density at radius 3 is 2.39 bits per heavy atom. The summed E-state index contributed by atoms with van der Waals surface area (Å²) in [7, 11) is 3.35. The first kappa shape index (κ1) is 17.4. The van der Waals surface area contributed by atoms with E-state index in [1.165, 1.54) is 0 Å². The van der Waals surface area contributed by atoms with Crippen molar-refractivity contribution in [2.45, 2.75) is 26.8 Å². The number of hydrogen-bond donors (Lipinski definition) is 0. The van der Waals surface area contributed by atoms with Crippen molar-refractivity contribution in [3.8, 4) is 0 Å². The minimum Gasteiger partial charge on any atom is -0.466 e. The van der Waals surface area contributed by atoms with Crippen LogP contribution in [-0.2, 0) is 19.0 Å². The number of hydrogen-bond acceptors (Lipinski definition) is 5. The first-order chi connectivity index (χ1) is 8.56. The average Bonchev–Trinajstić information content (AvgIpc) is 2.34. The Morgan fingerprint density at radius 1 is 1.22 bits per heavy atom. The molecule has 108 valence electrons. The Balaban J connectivity index is 4.32. The molecule has 0 aliphatic carbocycles. The number of methoxy groups -OCH3 is 2. The molecule has 18 heavy (non-hydrogen) atoms. The molecule has 0 N–H and O–H groups in total. The molecule has 0 aliphatic rings. The molecule has 2 unspecified atom stereocenters. The molecule has 0 spiro atoms. The van der Waals surface area contributed by atoms with Crippen LogP contribution in [0.5, 0.6) is 0 Å². The third-order valence-electron chi connectivity index (χ3n) is 2.81. The lowest BCUT2D eigenvalue weighted by atomic mass is 10.1. The summed E-state index contributed by atoms with van der Waals surface area (Å²) in [6.45, 7) is 8.93. The van der Waals surface area contributed by atoms with Crippen LogP contribution in [0.2, 0.25) is 0 Å². The summed E-state index contributed by atoms with van der Waals surface area (Å²) in [4.78, 5) is 13.8. The lowest BCUT2D eigenvalue weighted by Gasteiger charge is -2.30. The largest absolute Gasteiger partial charge is 0.466 e. The maximum Gasteiger partial charge on any atom is 0.309 e. The van der Waals surface area contributed by atoms with Gasteiger partial charge in [0, 0.05) is 33.4 Å². The maximum atomic E-state index is 11.6. The van der Waals surface area contributed by atoms with E-state index in [0.29, 0.717) is 26.4 Å². The second kappa shape index (κ2) is 10.3. The van der Waals surface area contributed by atoms with Crippen molar-refractivity contribution in [3.63, 3.8) is 0 Å². The number of ether oxygens (including phenoxy) is 3. The van der Waals surface area contributed by atoms with E-state index in [-0.39, 0.29) is 17.9 Å². The van der Waals surface area contributed by atoms with Gasteiger partial charge >= 0.3 is 5.97 Å². The topological polar surface area (TPSA) is 48.0 Å². The zero-order valence-electron chi connectivity index (χ0n) is 12.3.